The van der Waals surface area contributed by atoms with E-state index < -0.39 is 10.3 Å². The molecule has 0 aliphatic carbocycles. The first-order chi connectivity index (χ1) is 14.4. The molecule has 6 nitrogen and oxygen atoms in total. The van der Waals surface area contributed by atoms with Gasteiger partial charge in [-0.1, -0.05) is 42.1 Å². The van der Waals surface area contributed by atoms with E-state index in [9.17, 15) is 9.59 Å². The Morgan fingerprint density at radius 2 is 1.70 bits per heavy atom. The van der Waals surface area contributed by atoms with Crippen LogP contribution in [0, 0.1) is 6.92 Å². The van der Waals surface area contributed by atoms with Gasteiger partial charge in [0.05, 0.1) is 12.8 Å². The molecule has 0 radical (unpaired) electrons. The van der Waals surface area contributed by atoms with Crippen molar-refractivity contribution in [3.8, 4) is 0 Å². The molecular formula is C22H21N3O3S2. The molecule has 30 heavy (non-hydrogen) atoms. The molecule has 0 saturated carbocycles. The second kappa shape index (κ2) is 7.85. The Kier molecular flexibility index (Phi) is 5.38. The topological polar surface area (TPSA) is 62.2 Å². The number of methoxy groups -OCH3 is 1. The molecule has 0 amide bonds. The lowest BCUT2D eigenvalue weighted by Gasteiger charge is -2.41. The molecule has 2 aliphatic heterocycles. The van der Waals surface area contributed by atoms with Gasteiger partial charge >= 0.3 is 5.97 Å². The van der Waals surface area contributed by atoms with E-state index in [1.807, 2.05) is 73.5 Å². The number of anilines is 2. The van der Waals surface area contributed by atoms with Gasteiger partial charge in [-0.05, 0) is 55.4 Å². The molecule has 0 saturated heterocycles. The number of ether oxygens (including phenoxy) is 1. The molecule has 154 valence electrons. The summed E-state index contributed by atoms with van der Waals surface area (Å²) in [6, 6.07) is 17.7. The molecule has 4 rings (SSSR count). The van der Waals surface area contributed by atoms with Crippen LogP contribution < -0.4 is 9.91 Å². The smallest absolute Gasteiger partial charge is 0.346 e. The van der Waals surface area contributed by atoms with Crippen LogP contribution >= 0.6 is 23.5 Å². The van der Waals surface area contributed by atoms with Crippen LogP contribution in [-0.2, 0) is 14.3 Å². The number of carbonyl (C=O) groups is 2. The zero-order valence-electron chi connectivity index (χ0n) is 17.1. The minimum Gasteiger partial charge on any atom is -0.465 e. The van der Waals surface area contributed by atoms with Crippen molar-refractivity contribution in [1.82, 2.24) is 0 Å². The summed E-state index contributed by atoms with van der Waals surface area (Å²) >= 11 is 2.69. The molecule has 8 heteroatoms. The molecule has 2 heterocycles. The van der Waals surface area contributed by atoms with Crippen LogP contribution in [0.25, 0.3) is 0 Å². The van der Waals surface area contributed by atoms with Crippen molar-refractivity contribution < 1.29 is 14.3 Å². The number of aryl methyl sites for hydroxylation is 1. The lowest BCUT2D eigenvalue weighted by atomic mass is 10.2. The first kappa shape index (κ1) is 20.6. The number of thioether (sulfide) groups is 2. The highest BCUT2D eigenvalue weighted by molar-refractivity contribution is 8.29. The number of Topliss-reactive ketones (excluding diaryl/α,β-unsaturated/α-hetero) is 1. The summed E-state index contributed by atoms with van der Waals surface area (Å²) in [5.41, 5.74) is 3.56. The van der Waals surface area contributed by atoms with Crippen LogP contribution in [0.1, 0.15) is 19.4 Å². The maximum Gasteiger partial charge on any atom is 0.346 e. The summed E-state index contributed by atoms with van der Waals surface area (Å²) in [4.78, 5) is 27.5. The van der Waals surface area contributed by atoms with Crippen molar-refractivity contribution in [3.05, 3.63) is 70.8 Å². The number of carbonyl (C=O) groups excluding carboxylic acids is 2. The number of hydrazone groups is 1. The third kappa shape index (κ3) is 3.30. The molecule has 0 bridgehead atoms. The van der Waals surface area contributed by atoms with Crippen molar-refractivity contribution in [2.45, 2.75) is 25.1 Å². The monoisotopic (exact) mass is 439 g/mol. The van der Waals surface area contributed by atoms with Crippen LogP contribution in [0.4, 0.5) is 11.4 Å². The van der Waals surface area contributed by atoms with Crippen LogP contribution in [0.3, 0.4) is 0 Å². The molecule has 2 aromatic carbocycles. The lowest BCUT2D eigenvalue weighted by molar-refractivity contribution is -0.135. The normalized spacial score (nSPS) is 20.7. The minimum absolute atomic E-state index is 0.118. The third-order valence-corrected chi connectivity index (χ3v) is 7.77. The molecule has 1 atom stereocenters. The Morgan fingerprint density at radius 1 is 1.00 bits per heavy atom. The number of nitrogens with zero attached hydrogens (tertiary/aromatic N) is 3. The molecular weight excluding hydrogens is 418 g/mol. The van der Waals surface area contributed by atoms with Gasteiger partial charge in [-0.3, -0.25) is 4.79 Å². The fourth-order valence-electron chi connectivity index (χ4n) is 3.45. The Bertz CT molecular complexity index is 1080. The number of rotatable bonds is 4. The summed E-state index contributed by atoms with van der Waals surface area (Å²) in [6.45, 7) is 5.41. The Morgan fingerprint density at radius 3 is 2.33 bits per heavy atom. The first-order valence-electron chi connectivity index (χ1n) is 9.36. The fourth-order valence-corrected chi connectivity index (χ4v) is 6.43. The van der Waals surface area contributed by atoms with Crippen LogP contribution in [-0.4, -0.2) is 28.2 Å². The van der Waals surface area contributed by atoms with E-state index in [2.05, 4.69) is 10.0 Å². The van der Waals surface area contributed by atoms with Gasteiger partial charge in [0.15, 0.2) is 10.8 Å². The molecule has 1 spiro atoms. The van der Waals surface area contributed by atoms with E-state index in [0.29, 0.717) is 9.95 Å². The highest BCUT2D eigenvalue weighted by Crippen LogP contribution is 2.60. The largest absolute Gasteiger partial charge is 0.465 e. The number of hydrogen-bond acceptors (Lipinski definition) is 8. The predicted octanol–water partition coefficient (Wildman–Crippen LogP) is 4.72. The summed E-state index contributed by atoms with van der Waals surface area (Å²) in [6.07, 6.45) is 0. The number of hydrogen-bond donors (Lipinski definition) is 0. The van der Waals surface area contributed by atoms with E-state index in [1.165, 1.54) is 37.6 Å². The van der Waals surface area contributed by atoms with Gasteiger partial charge in [0.1, 0.15) is 4.91 Å². The SMILES string of the molecule is COC(=O)C1=C(C)N(c2ccccc2)[C@]2(SC(C(C)=O)=NN2c2cccc(C)c2)S1. The summed E-state index contributed by atoms with van der Waals surface area (Å²) in [5, 5.41) is 6.91. The average Bonchev–Trinajstić information content (AvgIpc) is 3.26. The zero-order chi connectivity index (χ0) is 21.5. The highest BCUT2D eigenvalue weighted by Gasteiger charge is 2.57. The highest BCUT2D eigenvalue weighted by atomic mass is 32.2. The summed E-state index contributed by atoms with van der Waals surface area (Å²) < 4.78 is 4.15. The minimum atomic E-state index is -0.899. The number of para-hydroxylation sites is 1. The van der Waals surface area contributed by atoms with Gasteiger partial charge < -0.3 is 9.64 Å². The summed E-state index contributed by atoms with van der Waals surface area (Å²) in [7, 11) is 1.37. The van der Waals surface area contributed by atoms with Crippen molar-refractivity contribution in [1.29, 1.82) is 0 Å². The quantitative estimate of drug-likeness (QED) is 0.639. The van der Waals surface area contributed by atoms with Crippen molar-refractivity contribution in [3.63, 3.8) is 0 Å². The molecule has 0 N–H and O–H groups in total. The van der Waals surface area contributed by atoms with Gasteiger partial charge in [0, 0.05) is 18.3 Å². The zero-order valence-corrected chi connectivity index (χ0v) is 18.7. The Labute approximate surface area is 184 Å². The van der Waals surface area contributed by atoms with E-state index in [4.69, 9.17) is 4.74 Å². The van der Waals surface area contributed by atoms with Crippen LogP contribution in [0.2, 0.25) is 0 Å². The van der Waals surface area contributed by atoms with Crippen LogP contribution in [0.15, 0.2) is 70.3 Å². The van der Waals surface area contributed by atoms with Crippen molar-refractivity contribution in [2.24, 2.45) is 5.10 Å². The standard InChI is InChI=1S/C22H21N3O3S2/c1-14-9-8-12-18(13-14)25-22(30-20(23-25)16(3)26)24(17-10-6-5-7-11-17)15(2)19(29-22)21(27)28-4/h5-13H,1-4H3/t22-/m1/s1. The molecule has 0 fully saturated rings. The number of benzene rings is 2. The van der Waals surface area contributed by atoms with Crippen LogP contribution in [0.5, 0.6) is 0 Å². The Hall–Kier alpha value is -2.71. The lowest BCUT2D eigenvalue weighted by Crippen LogP contribution is -2.49. The second-order valence-electron chi connectivity index (χ2n) is 6.94. The maximum atomic E-state index is 12.6. The van der Waals surface area contributed by atoms with E-state index >= 15 is 0 Å². The van der Waals surface area contributed by atoms with E-state index in [1.54, 1.807) is 0 Å². The average molecular weight is 440 g/mol. The number of esters is 1. The Balaban J connectivity index is 1.92. The predicted molar refractivity (Wildman–Crippen MR) is 123 cm³/mol. The fraction of sp³-hybridized carbons (Fsp3) is 0.227. The molecule has 2 aromatic rings. The van der Waals surface area contributed by atoms with Crippen molar-refractivity contribution >= 4 is 51.7 Å². The maximum absolute atomic E-state index is 12.6. The molecule has 0 unspecified atom stereocenters. The second-order valence-corrected chi connectivity index (χ2v) is 9.54. The van der Waals surface area contributed by atoms with Gasteiger partial charge in [-0.2, -0.15) is 5.10 Å². The third-order valence-electron chi connectivity index (χ3n) is 4.80. The van der Waals surface area contributed by atoms with E-state index in [-0.39, 0.29) is 5.78 Å². The van der Waals surface area contributed by atoms with Gasteiger partial charge in [-0.25, -0.2) is 9.80 Å². The molecule has 2 aliphatic rings. The summed E-state index contributed by atoms with van der Waals surface area (Å²) in [5.74, 6) is -0.524. The van der Waals surface area contributed by atoms with E-state index in [0.717, 1.165) is 22.6 Å². The first-order valence-corrected chi connectivity index (χ1v) is 11.0. The van der Waals surface area contributed by atoms with Gasteiger partial charge in [0.25, 0.3) is 0 Å². The number of allylic oxidation sites excluding steroid dienone is 1. The van der Waals surface area contributed by atoms with Crippen molar-refractivity contribution in [2.75, 3.05) is 17.0 Å². The number of ketones is 1. The van der Waals surface area contributed by atoms with Gasteiger partial charge in [-0.15, -0.1) is 0 Å². The van der Waals surface area contributed by atoms with Gasteiger partial charge in [0.2, 0.25) is 4.33 Å². The molecule has 0 aromatic heterocycles.